The standard InChI is InChI=1S/C12H14ClNO5S2/c13-9-3-1-7(21-9)5-20-6-10(15)14-8(12(18)19)2-4-11(16)17/h1,3,8H,2,4-6H2,(H,14,15)(H,16,17)(H,18,19). The van der Waals surface area contributed by atoms with Gasteiger partial charge in [-0.15, -0.1) is 23.1 Å². The molecule has 1 atom stereocenters. The van der Waals surface area contributed by atoms with Gasteiger partial charge in [-0.05, 0) is 18.6 Å². The minimum Gasteiger partial charge on any atom is -0.481 e. The third-order valence-electron chi connectivity index (χ3n) is 2.39. The molecule has 0 aromatic carbocycles. The van der Waals surface area contributed by atoms with Crippen LogP contribution in [0.3, 0.4) is 0 Å². The van der Waals surface area contributed by atoms with Gasteiger partial charge in [-0.2, -0.15) is 0 Å². The van der Waals surface area contributed by atoms with E-state index in [1.54, 1.807) is 6.07 Å². The number of thioether (sulfide) groups is 1. The van der Waals surface area contributed by atoms with E-state index in [0.717, 1.165) is 4.88 Å². The van der Waals surface area contributed by atoms with Crippen molar-refractivity contribution in [3.8, 4) is 0 Å². The average Bonchev–Trinajstić information content (AvgIpc) is 2.79. The van der Waals surface area contributed by atoms with Crippen molar-refractivity contribution in [2.24, 2.45) is 0 Å². The maximum atomic E-state index is 11.6. The van der Waals surface area contributed by atoms with Gasteiger partial charge in [0.2, 0.25) is 5.91 Å². The predicted octanol–water partition coefficient (Wildman–Crippen LogP) is 2.07. The molecule has 116 valence electrons. The second-order valence-electron chi connectivity index (χ2n) is 4.09. The van der Waals surface area contributed by atoms with E-state index in [9.17, 15) is 14.4 Å². The van der Waals surface area contributed by atoms with Crippen LogP contribution in [0.2, 0.25) is 4.34 Å². The normalized spacial score (nSPS) is 11.9. The molecule has 21 heavy (non-hydrogen) atoms. The van der Waals surface area contributed by atoms with E-state index in [1.807, 2.05) is 6.07 Å². The smallest absolute Gasteiger partial charge is 0.326 e. The molecule has 0 spiro atoms. The average molecular weight is 352 g/mol. The van der Waals surface area contributed by atoms with Gasteiger partial charge in [0, 0.05) is 17.1 Å². The first-order valence-corrected chi connectivity index (χ1v) is 8.29. The molecule has 1 aromatic rings. The van der Waals surface area contributed by atoms with Crippen LogP contribution in [0.4, 0.5) is 0 Å². The van der Waals surface area contributed by atoms with E-state index in [1.165, 1.54) is 23.1 Å². The van der Waals surface area contributed by atoms with Crippen molar-refractivity contribution in [2.45, 2.75) is 24.6 Å². The van der Waals surface area contributed by atoms with Crippen LogP contribution in [-0.4, -0.2) is 39.9 Å². The molecule has 0 radical (unpaired) electrons. The van der Waals surface area contributed by atoms with E-state index < -0.39 is 23.9 Å². The van der Waals surface area contributed by atoms with Gasteiger partial charge in [-0.1, -0.05) is 11.6 Å². The lowest BCUT2D eigenvalue weighted by Gasteiger charge is -2.13. The van der Waals surface area contributed by atoms with E-state index in [-0.39, 0.29) is 18.6 Å². The van der Waals surface area contributed by atoms with Crippen molar-refractivity contribution in [2.75, 3.05) is 5.75 Å². The van der Waals surface area contributed by atoms with Crippen molar-refractivity contribution >= 4 is 52.5 Å². The molecule has 0 saturated heterocycles. The number of carboxylic acids is 2. The molecular formula is C12H14ClNO5S2. The van der Waals surface area contributed by atoms with E-state index in [0.29, 0.717) is 10.1 Å². The summed E-state index contributed by atoms with van der Waals surface area (Å²) in [4.78, 5) is 34.0. The van der Waals surface area contributed by atoms with E-state index >= 15 is 0 Å². The summed E-state index contributed by atoms with van der Waals surface area (Å²) >= 11 is 8.54. The molecule has 9 heteroatoms. The maximum absolute atomic E-state index is 11.6. The molecule has 1 heterocycles. The summed E-state index contributed by atoms with van der Waals surface area (Å²) in [6.07, 6.45) is -0.445. The number of rotatable bonds is 9. The van der Waals surface area contributed by atoms with Crippen LogP contribution in [0.25, 0.3) is 0 Å². The minimum absolute atomic E-state index is 0.104. The zero-order valence-corrected chi connectivity index (χ0v) is 13.3. The largest absolute Gasteiger partial charge is 0.481 e. The first-order chi connectivity index (χ1) is 9.88. The lowest BCUT2D eigenvalue weighted by Crippen LogP contribution is -2.41. The van der Waals surface area contributed by atoms with Gasteiger partial charge in [-0.25, -0.2) is 4.79 Å². The number of carbonyl (C=O) groups is 3. The molecule has 1 unspecified atom stereocenters. The van der Waals surface area contributed by atoms with Crippen molar-refractivity contribution in [3.63, 3.8) is 0 Å². The number of carbonyl (C=O) groups excluding carboxylic acids is 1. The quantitative estimate of drug-likeness (QED) is 0.629. The predicted molar refractivity (Wildman–Crippen MR) is 81.9 cm³/mol. The molecule has 0 saturated carbocycles. The highest BCUT2D eigenvalue weighted by atomic mass is 35.5. The second kappa shape index (κ2) is 8.91. The Labute approximate surface area is 134 Å². The number of halogens is 1. The van der Waals surface area contributed by atoms with Crippen LogP contribution < -0.4 is 5.32 Å². The van der Waals surface area contributed by atoms with Crippen LogP contribution in [0.5, 0.6) is 0 Å². The number of thiophene rings is 1. The third-order valence-corrected chi connectivity index (χ3v) is 4.78. The Morgan fingerprint density at radius 2 is 2.05 bits per heavy atom. The Morgan fingerprint density at radius 3 is 2.57 bits per heavy atom. The van der Waals surface area contributed by atoms with Crippen LogP contribution in [-0.2, 0) is 20.1 Å². The number of nitrogens with one attached hydrogen (secondary N) is 1. The van der Waals surface area contributed by atoms with Gasteiger partial charge >= 0.3 is 11.9 Å². The van der Waals surface area contributed by atoms with Crippen LogP contribution in [0, 0.1) is 0 Å². The molecule has 1 amide bonds. The number of carboxylic acid groups (broad SMARTS) is 2. The first-order valence-electron chi connectivity index (χ1n) is 5.94. The summed E-state index contributed by atoms with van der Waals surface area (Å²) in [6.45, 7) is 0. The topological polar surface area (TPSA) is 104 Å². The van der Waals surface area contributed by atoms with Crippen LogP contribution >= 0.6 is 34.7 Å². The van der Waals surface area contributed by atoms with Crippen LogP contribution in [0.1, 0.15) is 17.7 Å². The Bertz CT molecular complexity index is 520. The highest BCUT2D eigenvalue weighted by molar-refractivity contribution is 7.99. The zero-order valence-electron chi connectivity index (χ0n) is 10.9. The number of aliphatic carboxylic acids is 2. The fourth-order valence-corrected chi connectivity index (χ4v) is 3.47. The Morgan fingerprint density at radius 1 is 1.33 bits per heavy atom. The zero-order chi connectivity index (χ0) is 15.8. The van der Waals surface area contributed by atoms with Crippen molar-refractivity contribution in [1.29, 1.82) is 0 Å². The van der Waals surface area contributed by atoms with Gasteiger partial charge in [0.05, 0.1) is 10.1 Å². The molecule has 0 fully saturated rings. The molecule has 3 N–H and O–H groups in total. The Balaban J connectivity index is 2.32. The monoisotopic (exact) mass is 351 g/mol. The molecule has 1 aromatic heterocycles. The summed E-state index contributed by atoms with van der Waals surface area (Å²) in [6, 6.07) is 2.46. The highest BCUT2D eigenvalue weighted by Crippen LogP contribution is 2.24. The fourth-order valence-electron chi connectivity index (χ4n) is 1.43. The maximum Gasteiger partial charge on any atom is 0.326 e. The summed E-state index contributed by atoms with van der Waals surface area (Å²) in [7, 11) is 0. The molecule has 6 nitrogen and oxygen atoms in total. The first kappa shape index (κ1) is 17.8. The van der Waals surface area contributed by atoms with Gasteiger partial charge in [-0.3, -0.25) is 9.59 Å². The van der Waals surface area contributed by atoms with Crippen molar-refractivity contribution in [3.05, 3.63) is 21.3 Å². The van der Waals surface area contributed by atoms with Gasteiger partial charge < -0.3 is 15.5 Å². The molecule has 0 aliphatic rings. The minimum atomic E-state index is -1.24. The van der Waals surface area contributed by atoms with Gasteiger partial charge in [0.1, 0.15) is 6.04 Å². The highest BCUT2D eigenvalue weighted by Gasteiger charge is 2.20. The molecular weight excluding hydrogens is 338 g/mol. The number of hydrogen-bond donors (Lipinski definition) is 3. The summed E-state index contributed by atoms with van der Waals surface area (Å²) in [5.41, 5.74) is 0. The molecule has 0 bridgehead atoms. The molecule has 0 aliphatic carbocycles. The summed E-state index contributed by atoms with van der Waals surface area (Å²) in [5, 5.41) is 19.8. The molecule has 0 aliphatic heterocycles. The van der Waals surface area contributed by atoms with Crippen molar-refractivity contribution in [1.82, 2.24) is 5.32 Å². The number of hydrogen-bond acceptors (Lipinski definition) is 5. The van der Waals surface area contributed by atoms with E-state index in [4.69, 9.17) is 21.8 Å². The lowest BCUT2D eigenvalue weighted by molar-refractivity contribution is -0.142. The summed E-state index contributed by atoms with van der Waals surface area (Å²) < 4.78 is 0.676. The Kier molecular flexibility index (Phi) is 7.55. The van der Waals surface area contributed by atoms with E-state index in [2.05, 4.69) is 5.32 Å². The van der Waals surface area contributed by atoms with Gasteiger partial charge in [0.25, 0.3) is 0 Å². The third kappa shape index (κ3) is 7.35. The SMILES string of the molecule is O=C(O)CCC(NC(=O)CSCc1ccc(Cl)s1)C(=O)O. The Hall–Kier alpha value is -1.25. The van der Waals surface area contributed by atoms with Gasteiger partial charge in [0.15, 0.2) is 0 Å². The molecule has 1 rings (SSSR count). The number of amides is 1. The summed E-state index contributed by atoms with van der Waals surface area (Å²) in [5.74, 6) is -2.05. The fraction of sp³-hybridized carbons (Fsp3) is 0.417. The van der Waals surface area contributed by atoms with Crippen molar-refractivity contribution < 1.29 is 24.6 Å². The lowest BCUT2D eigenvalue weighted by atomic mass is 10.1. The second-order valence-corrected chi connectivity index (χ2v) is 6.87. The van der Waals surface area contributed by atoms with Crippen LogP contribution in [0.15, 0.2) is 12.1 Å².